The molecule has 6 heterocycles. The van der Waals surface area contributed by atoms with Crippen LogP contribution in [0.25, 0.3) is 33.4 Å². The number of urea groups is 1. The quantitative estimate of drug-likeness (QED) is 0.125. The van der Waals surface area contributed by atoms with Crippen molar-refractivity contribution in [2.45, 2.75) is 104 Å². The van der Waals surface area contributed by atoms with Crippen LogP contribution in [-0.2, 0) is 48.0 Å². The number of cyclic esters (lactones) is 1. The molecule has 2 N–H and O–H groups in total. The molecule has 6 bridgehead atoms. The lowest BCUT2D eigenvalue weighted by atomic mass is 9.84. The molecule has 3 aromatic heterocycles. The highest BCUT2D eigenvalue weighted by atomic mass is 32.1. The van der Waals surface area contributed by atoms with E-state index in [4.69, 9.17) is 19.4 Å². The van der Waals surface area contributed by atoms with Gasteiger partial charge in [-0.15, -0.1) is 11.3 Å². The first-order valence-corrected chi connectivity index (χ1v) is 24.1. The molecule has 7 rings (SSSR count). The van der Waals surface area contributed by atoms with Crippen molar-refractivity contribution in [2.24, 2.45) is 11.3 Å². The molecule has 18 heteroatoms. The Kier molecular flexibility index (Phi) is 14.6. The van der Waals surface area contributed by atoms with Gasteiger partial charge in [0.05, 0.1) is 51.7 Å². The molecule has 2 saturated heterocycles. The topological polar surface area (TPSA) is 172 Å². The third-order valence-corrected chi connectivity index (χ3v) is 14.2. The third-order valence-electron chi connectivity index (χ3n) is 12.8. The average molecular weight is 937 g/mol. The van der Waals surface area contributed by atoms with Gasteiger partial charge in [0, 0.05) is 85.8 Å². The molecule has 3 aliphatic heterocycles. The van der Waals surface area contributed by atoms with Crippen molar-refractivity contribution in [2.75, 3.05) is 47.1 Å². The molecule has 1 unspecified atom stereocenters. The Balaban J connectivity index is 1.29. The molecule has 16 nitrogen and oxygen atoms in total. The first-order chi connectivity index (χ1) is 31.4. The van der Waals surface area contributed by atoms with E-state index in [0.717, 1.165) is 39.0 Å². The zero-order valence-corrected chi connectivity index (χ0v) is 41.1. The van der Waals surface area contributed by atoms with Crippen molar-refractivity contribution in [1.82, 2.24) is 45.0 Å². The van der Waals surface area contributed by atoms with Gasteiger partial charge in [0.2, 0.25) is 11.8 Å². The van der Waals surface area contributed by atoms with Gasteiger partial charge >= 0.3 is 12.0 Å². The summed E-state index contributed by atoms with van der Waals surface area (Å²) in [5.74, 6) is -2.25. The molecule has 3 aliphatic rings. The van der Waals surface area contributed by atoms with Crippen molar-refractivity contribution in [1.29, 1.82) is 0 Å². The summed E-state index contributed by atoms with van der Waals surface area (Å²) in [4.78, 5) is 84.2. The predicted octanol–water partition coefficient (Wildman–Crippen LogP) is 5.45. The highest BCUT2D eigenvalue weighted by Gasteiger charge is 2.45. The molecule has 5 amide bonds. The van der Waals surface area contributed by atoms with Gasteiger partial charge in [-0.2, -0.15) is 0 Å². The maximum absolute atomic E-state index is 14.9. The van der Waals surface area contributed by atoms with Crippen LogP contribution in [0.4, 0.5) is 4.79 Å². The third kappa shape index (κ3) is 9.82. The maximum atomic E-state index is 14.9. The van der Waals surface area contributed by atoms with Gasteiger partial charge in [-0.25, -0.2) is 15.2 Å². The molecule has 4 aromatic rings. The number of amides is 5. The number of thiazole rings is 1. The number of carbonyl (C=O) groups excluding carboxylic acids is 5. The van der Waals surface area contributed by atoms with Crippen LogP contribution in [0.3, 0.4) is 0 Å². The summed E-state index contributed by atoms with van der Waals surface area (Å²) in [6, 6.07) is 8.09. The molecular formula is C48H62N9O7SSi. The van der Waals surface area contributed by atoms with Gasteiger partial charge in [-0.3, -0.25) is 29.2 Å². The summed E-state index contributed by atoms with van der Waals surface area (Å²) in [6.45, 7) is 17.5. The Morgan fingerprint density at radius 1 is 1.12 bits per heavy atom. The van der Waals surface area contributed by atoms with Gasteiger partial charge in [0.15, 0.2) is 0 Å². The van der Waals surface area contributed by atoms with Crippen molar-refractivity contribution >= 4 is 62.2 Å². The van der Waals surface area contributed by atoms with E-state index in [1.807, 2.05) is 32.2 Å². The number of nitrogens with zero attached hydrogens (tertiary/aromatic N) is 7. The van der Waals surface area contributed by atoms with Gasteiger partial charge in [0.1, 0.15) is 17.2 Å². The summed E-state index contributed by atoms with van der Waals surface area (Å²) >= 11 is 1.37. The Bertz CT molecular complexity index is 2510. The molecule has 1 aromatic carbocycles. The normalized spacial score (nSPS) is 21.2. The van der Waals surface area contributed by atoms with Crippen LogP contribution < -0.4 is 10.7 Å². The molecule has 351 valence electrons. The number of methoxy groups -OCH3 is 1. The fraction of sp³-hybridized carbons (Fsp3) is 0.521. The number of nitrogens with one attached hydrogen (secondary N) is 2. The van der Waals surface area contributed by atoms with Crippen LogP contribution in [0, 0.1) is 11.3 Å². The Morgan fingerprint density at radius 2 is 1.88 bits per heavy atom. The fourth-order valence-electron chi connectivity index (χ4n) is 9.42. The minimum absolute atomic E-state index is 0.0564. The minimum atomic E-state index is -1.76. The van der Waals surface area contributed by atoms with Crippen molar-refractivity contribution in [3.8, 4) is 22.5 Å². The molecule has 2 fully saturated rings. The van der Waals surface area contributed by atoms with Gasteiger partial charge in [-0.1, -0.05) is 40.3 Å². The lowest BCUT2D eigenvalue weighted by Crippen LogP contribution is -2.69. The van der Waals surface area contributed by atoms with E-state index in [1.165, 1.54) is 37.1 Å². The van der Waals surface area contributed by atoms with Crippen LogP contribution in [0.15, 0.2) is 54.6 Å². The maximum Gasteiger partial charge on any atom is 0.324 e. The second-order valence-electron chi connectivity index (χ2n) is 18.7. The van der Waals surface area contributed by atoms with Crippen LogP contribution in [-0.4, -0.2) is 139 Å². The zero-order chi connectivity index (χ0) is 47.7. The second-order valence-corrected chi connectivity index (χ2v) is 20.5. The number of hydrazine groups is 1. The first-order valence-electron chi connectivity index (χ1n) is 22.7. The van der Waals surface area contributed by atoms with Crippen LogP contribution in [0.5, 0.6) is 0 Å². The Morgan fingerprint density at radius 3 is 2.59 bits per heavy atom. The number of pyridine rings is 1. The van der Waals surface area contributed by atoms with E-state index in [2.05, 4.69) is 77.2 Å². The van der Waals surface area contributed by atoms with E-state index in [1.54, 1.807) is 20.4 Å². The SMILES string of the molecule is C=CC(=O)N1CCCN(C(=O)N(C)[C@H](C(=O)NC2([Si])Cc3nc(cs3)-c3ccc4c(c3)c(c(-c3cccnc3[C@H](C)OC)n4CC)CC(C)(C)COC(=O)[C@@H]3CCCN(N3)C2=O)C(C)C)C1. The van der Waals surface area contributed by atoms with Crippen molar-refractivity contribution < 1.29 is 33.4 Å². The van der Waals surface area contributed by atoms with E-state index in [9.17, 15) is 24.0 Å². The monoisotopic (exact) mass is 936 g/mol. The molecule has 3 radical (unpaired) electrons. The summed E-state index contributed by atoms with van der Waals surface area (Å²) in [7, 11) is 7.03. The number of carbonyl (C=O) groups is 5. The number of ether oxygens (including phenoxy) is 2. The van der Waals surface area contributed by atoms with E-state index < -0.39 is 46.5 Å². The number of benzene rings is 1. The molecule has 4 atom stereocenters. The molecule has 0 spiro atoms. The van der Waals surface area contributed by atoms with Crippen LogP contribution >= 0.6 is 11.3 Å². The summed E-state index contributed by atoms with van der Waals surface area (Å²) in [5.41, 5.74) is 9.12. The predicted molar refractivity (Wildman–Crippen MR) is 254 cm³/mol. The number of hydrogen-bond donors (Lipinski definition) is 2. The number of esters is 1. The van der Waals surface area contributed by atoms with E-state index in [0.29, 0.717) is 56.0 Å². The number of rotatable bonds is 9. The minimum Gasteiger partial charge on any atom is -0.464 e. The molecule has 0 saturated carbocycles. The Hall–Kier alpha value is -5.43. The van der Waals surface area contributed by atoms with Crippen molar-refractivity contribution in [3.63, 3.8) is 0 Å². The number of aryl methyl sites for hydroxylation is 1. The van der Waals surface area contributed by atoms with E-state index in [-0.39, 0.29) is 44.2 Å². The van der Waals surface area contributed by atoms with Gasteiger partial charge in [-0.05, 0) is 81.4 Å². The van der Waals surface area contributed by atoms with Gasteiger partial charge in [0.25, 0.3) is 5.91 Å². The number of aromatic nitrogens is 3. The second kappa shape index (κ2) is 19.8. The molecular weight excluding hydrogens is 875 g/mol. The summed E-state index contributed by atoms with van der Waals surface area (Å²) < 4.78 is 14.2. The smallest absolute Gasteiger partial charge is 0.324 e. The molecule has 0 aliphatic carbocycles. The Labute approximate surface area is 394 Å². The highest BCUT2D eigenvalue weighted by molar-refractivity contribution is 7.10. The standard InChI is InChI=1S/C48H62N9O7SSi/c1-10-39(58)54-20-14-21-55(28-54)46(62)53(8)41(29(3)4)43(59)51-48(66)25-38-50-36(26-65-38)31-17-18-37-33(23-31)34(42(56(37)11-2)32-15-12-19-49-40(32)30(5)63-9)24-47(6,7)27-64-44(60)35-16-13-22-57(52-35)45(48)61/h10,12,15,17-19,23,26,29-30,35,41,52H,1,11,13-14,16,20-22,24-25,27-28H2,2-9H3,(H,51,59)/t30-,35-,41-,48?/m0/s1. The van der Waals surface area contributed by atoms with Crippen molar-refractivity contribution in [3.05, 3.63) is 70.8 Å². The summed E-state index contributed by atoms with van der Waals surface area (Å²) in [6.07, 6.45) is 4.76. The van der Waals surface area contributed by atoms with E-state index >= 15 is 0 Å². The number of likely N-dealkylation sites (N-methyl/N-ethyl adjacent to an activating group) is 1. The number of hydrogen-bond acceptors (Lipinski definition) is 11. The lowest BCUT2D eigenvalue weighted by molar-refractivity contribution is -0.156. The lowest BCUT2D eigenvalue weighted by Gasteiger charge is -2.42. The fourth-order valence-corrected chi connectivity index (χ4v) is 10.9. The molecule has 66 heavy (non-hydrogen) atoms. The largest absolute Gasteiger partial charge is 0.464 e. The first kappa shape index (κ1) is 48.5. The average Bonchev–Trinajstić information content (AvgIpc) is 3.90. The van der Waals surface area contributed by atoms with Gasteiger partial charge < -0.3 is 34.1 Å². The zero-order valence-electron chi connectivity index (χ0n) is 39.3. The summed E-state index contributed by atoms with van der Waals surface area (Å²) in [5, 5.41) is 6.15. The highest BCUT2D eigenvalue weighted by Crippen LogP contribution is 2.42. The van der Waals surface area contributed by atoms with Crippen LogP contribution in [0.1, 0.15) is 83.2 Å². The van der Waals surface area contributed by atoms with Crippen LogP contribution in [0.2, 0.25) is 0 Å². The number of fused-ring (bicyclic) bond motifs is 6.